The molecule has 2 rings (SSSR count). The Kier molecular flexibility index (Phi) is 10.8. The molecule has 2 aromatic rings. The van der Waals surface area contributed by atoms with Gasteiger partial charge >= 0.3 is 0 Å². The van der Waals surface area contributed by atoms with Crippen molar-refractivity contribution >= 4 is 29.9 Å². The monoisotopic (exact) mass is 483 g/mol. The summed E-state index contributed by atoms with van der Waals surface area (Å²) in [6.45, 7) is 5.86. The minimum atomic E-state index is -0.611. The van der Waals surface area contributed by atoms with Crippen LogP contribution in [0.1, 0.15) is 29.7 Å². The molecule has 6 heteroatoms. The van der Waals surface area contributed by atoms with Gasteiger partial charge in [-0.1, -0.05) is 48.0 Å². The third kappa shape index (κ3) is 7.76. The van der Waals surface area contributed by atoms with E-state index in [-0.39, 0.29) is 24.0 Å². The van der Waals surface area contributed by atoms with Crippen molar-refractivity contribution in [2.24, 2.45) is 4.99 Å². The van der Waals surface area contributed by atoms with Crippen molar-refractivity contribution in [1.29, 1.82) is 0 Å². The van der Waals surface area contributed by atoms with Gasteiger partial charge in [-0.15, -0.1) is 24.0 Å². The Hall–Kier alpha value is -1.80. The number of rotatable bonds is 8. The highest BCUT2D eigenvalue weighted by Gasteiger charge is 2.07. The maximum absolute atomic E-state index is 10.3. The molecule has 5 nitrogen and oxygen atoms in total. The third-order valence-electron chi connectivity index (χ3n) is 4.11. The second-order valence-electron chi connectivity index (χ2n) is 6.13. The number of benzene rings is 2. The molecule has 0 saturated carbocycles. The van der Waals surface area contributed by atoms with Gasteiger partial charge in [0.1, 0.15) is 5.75 Å². The number of para-hydroxylation sites is 1. The number of aliphatic imine (C=N–C) groups is 1. The third-order valence-corrected chi connectivity index (χ3v) is 4.11. The summed E-state index contributed by atoms with van der Waals surface area (Å²) in [4.78, 5) is 4.50. The Balaban J connectivity index is 0.00000364. The van der Waals surface area contributed by atoms with E-state index in [9.17, 15) is 5.11 Å². The molecule has 0 fully saturated rings. The highest BCUT2D eigenvalue weighted by Crippen LogP contribution is 2.17. The van der Waals surface area contributed by atoms with Gasteiger partial charge in [-0.05, 0) is 37.5 Å². The maximum Gasteiger partial charge on any atom is 0.191 e. The van der Waals surface area contributed by atoms with Gasteiger partial charge in [-0.3, -0.25) is 4.99 Å². The van der Waals surface area contributed by atoms with Gasteiger partial charge < -0.3 is 20.5 Å². The Morgan fingerprint density at radius 3 is 2.48 bits per heavy atom. The van der Waals surface area contributed by atoms with Crippen LogP contribution in [0.4, 0.5) is 0 Å². The Bertz CT molecular complexity index is 705. The number of aliphatic hydroxyl groups is 1. The summed E-state index contributed by atoms with van der Waals surface area (Å²) in [5.41, 5.74) is 3.21. The second-order valence-corrected chi connectivity index (χ2v) is 6.13. The summed E-state index contributed by atoms with van der Waals surface area (Å²) in [5, 5.41) is 16.8. The molecule has 0 aliphatic rings. The Morgan fingerprint density at radius 1 is 1.11 bits per heavy atom. The summed E-state index contributed by atoms with van der Waals surface area (Å²) in [6, 6.07) is 15.9. The van der Waals surface area contributed by atoms with Crippen molar-refractivity contribution in [1.82, 2.24) is 10.6 Å². The number of methoxy groups -OCH3 is 1. The van der Waals surface area contributed by atoms with E-state index in [1.165, 1.54) is 5.56 Å². The average Bonchev–Trinajstić information content (AvgIpc) is 2.66. The van der Waals surface area contributed by atoms with Crippen molar-refractivity contribution < 1.29 is 9.84 Å². The number of guanidine groups is 1. The van der Waals surface area contributed by atoms with Crippen molar-refractivity contribution in [2.45, 2.75) is 26.4 Å². The van der Waals surface area contributed by atoms with Gasteiger partial charge in [0.05, 0.1) is 19.8 Å². The average molecular weight is 483 g/mol. The summed E-state index contributed by atoms with van der Waals surface area (Å²) >= 11 is 0. The van der Waals surface area contributed by atoms with Gasteiger partial charge in [0.15, 0.2) is 5.96 Å². The van der Waals surface area contributed by atoms with Crippen molar-refractivity contribution in [3.8, 4) is 5.75 Å². The molecule has 1 unspecified atom stereocenters. The van der Waals surface area contributed by atoms with Gasteiger partial charge in [-0.2, -0.15) is 0 Å². The first-order chi connectivity index (χ1) is 12.6. The van der Waals surface area contributed by atoms with E-state index in [2.05, 4.69) is 21.7 Å². The molecule has 0 radical (unpaired) electrons. The second kappa shape index (κ2) is 12.6. The van der Waals surface area contributed by atoms with E-state index >= 15 is 0 Å². The molecule has 0 amide bonds. The summed E-state index contributed by atoms with van der Waals surface area (Å²) in [6.07, 6.45) is 0.217. The normalized spacial score (nSPS) is 12.1. The van der Waals surface area contributed by atoms with Crippen LogP contribution in [0.2, 0.25) is 0 Å². The van der Waals surface area contributed by atoms with Crippen LogP contribution in [0.25, 0.3) is 0 Å². The molecule has 0 aliphatic heterocycles. The lowest BCUT2D eigenvalue weighted by atomic mass is 10.1. The fourth-order valence-electron chi connectivity index (χ4n) is 2.64. The van der Waals surface area contributed by atoms with Crippen LogP contribution in [0.3, 0.4) is 0 Å². The summed E-state index contributed by atoms with van der Waals surface area (Å²) in [7, 11) is 1.68. The number of ether oxygens (including phenoxy) is 1. The van der Waals surface area contributed by atoms with E-state index in [4.69, 9.17) is 4.74 Å². The van der Waals surface area contributed by atoms with Gasteiger partial charge in [0.25, 0.3) is 0 Å². The van der Waals surface area contributed by atoms with Crippen LogP contribution in [0.15, 0.2) is 53.5 Å². The standard InChI is InChI=1S/C21H29N3O2.HI/c1-4-22-21(23-14-13-18-7-5-6-8-20(18)26-3)24-15-19(25)17-11-9-16(2)10-12-17;/h5-12,19,25H,4,13-15H2,1-3H3,(H2,22,23,24);1H. The van der Waals surface area contributed by atoms with Crippen molar-refractivity contribution in [3.05, 3.63) is 65.2 Å². The number of nitrogens with one attached hydrogen (secondary N) is 2. The van der Waals surface area contributed by atoms with Crippen LogP contribution >= 0.6 is 24.0 Å². The Labute approximate surface area is 179 Å². The van der Waals surface area contributed by atoms with Crippen molar-refractivity contribution in [2.75, 3.05) is 26.7 Å². The molecule has 0 aliphatic carbocycles. The van der Waals surface area contributed by atoms with Crippen LogP contribution in [-0.2, 0) is 6.42 Å². The molecule has 0 saturated heterocycles. The fraction of sp³-hybridized carbons (Fsp3) is 0.381. The lowest BCUT2D eigenvalue weighted by molar-refractivity contribution is 0.187. The SMILES string of the molecule is CCNC(=NCC(O)c1ccc(C)cc1)NCCc1ccccc1OC.I. The highest BCUT2D eigenvalue weighted by molar-refractivity contribution is 14.0. The molecule has 0 heterocycles. The van der Waals surface area contributed by atoms with Gasteiger partial charge in [0, 0.05) is 13.1 Å². The van der Waals surface area contributed by atoms with E-state index < -0.39 is 6.10 Å². The molecular formula is C21H30IN3O2. The zero-order valence-corrected chi connectivity index (χ0v) is 18.6. The molecule has 148 valence electrons. The quantitative estimate of drug-likeness (QED) is 0.306. The zero-order chi connectivity index (χ0) is 18.8. The molecule has 0 spiro atoms. The zero-order valence-electron chi connectivity index (χ0n) is 16.2. The predicted molar refractivity (Wildman–Crippen MR) is 122 cm³/mol. The first kappa shape index (κ1) is 23.2. The summed E-state index contributed by atoms with van der Waals surface area (Å²) in [5.74, 6) is 1.60. The van der Waals surface area contributed by atoms with E-state index in [0.29, 0.717) is 12.5 Å². The van der Waals surface area contributed by atoms with Crippen molar-refractivity contribution in [3.63, 3.8) is 0 Å². The lowest BCUT2D eigenvalue weighted by Gasteiger charge is -2.14. The van der Waals surface area contributed by atoms with E-state index in [0.717, 1.165) is 36.4 Å². The van der Waals surface area contributed by atoms with E-state index in [1.807, 2.05) is 56.3 Å². The van der Waals surface area contributed by atoms with Gasteiger partial charge in [-0.25, -0.2) is 0 Å². The molecule has 27 heavy (non-hydrogen) atoms. The van der Waals surface area contributed by atoms with Crippen LogP contribution < -0.4 is 15.4 Å². The molecular weight excluding hydrogens is 453 g/mol. The largest absolute Gasteiger partial charge is 0.496 e. The maximum atomic E-state index is 10.3. The number of hydrogen-bond donors (Lipinski definition) is 3. The fourth-order valence-corrected chi connectivity index (χ4v) is 2.64. The molecule has 0 aromatic heterocycles. The highest BCUT2D eigenvalue weighted by atomic mass is 127. The van der Waals surface area contributed by atoms with Crippen LogP contribution in [0.5, 0.6) is 5.75 Å². The number of halogens is 1. The number of aliphatic hydroxyl groups excluding tert-OH is 1. The Morgan fingerprint density at radius 2 is 1.81 bits per heavy atom. The minimum absolute atomic E-state index is 0. The number of nitrogens with zero attached hydrogens (tertiary/aromatic N) is 1. The van der Waals surface area contributed by atoms with E-state index in [1.54, 1.807) is 7.11 Å². The van der Waals surface area contributed by atoms with Crippen LogP contribution in [0, 0.1) is 6.92 Å². The first-order valence-corrected chi connectivity index (χ1v) is 9.02. The van der Waals surface area contributed by atoms with Crippen LogP contribution in [-0.4, -0.2) is 37.8 Å². The number of aryl methyl sites for hydroxylation is 1. The topological polar surface area (TPSA) is 65.9 Å². The molecule has 3 N–H and O–H groups in total. The first-order valence-electron chi connectivity index (χ1n) is 9.02. The number of hydrogen-bond acceptors (Lipinski definition) is 3. The molecule has 2 aromatic carbocycles. The summed E-state index contributed by atoms with van der Waals surface area (Å²) < 4.78 is 5.38. The predicted octanol–water partition coefficient (Wildman–Crippen LogP) is 3.45. The lowest BCUT2D eigenvalue weighted by Crippen LogP contribution is -2.38. The van der Waals surface area contributed by atoms with Gasteiger partial charge in [0.2, 0.25) is 0 Å². The smallest absolute Gasteiger partial charge is 0.191 e. The molecule has 1 atom stereocenters. The molecule has 0 bridgehead atoms. The minimum Gasteiger partial charge on any atom is -0.496 e.